The van der Waals surface area contributed by atoms with Crippen LogP contribution in [-0.2, 0) is 0 Å². The van der Waals surface area contributed by atoms with Crippen LogP contribution in [-0.4, -0.2) is 16.7 Å². The Hall–Kier alpha value is -0.570. The van der Waals surface area contributed by atoms with Crippen LogP contribution in [0.2, 0.25) is 0 Å². The van der Waals surface area contributed by atoms with Crippen molar-refractivity contribution < 1.29 is 0 Å². The molecule has 1 aromatic heterocycles. The number of hydrogen-bond acceptors (Lipinski definition) is 4. The second-order valence-corrected chi connectivity index (χ2v) is 3.31. The van der Waals surface area contributed by atoms with Gasteiger partial charge in [-0.15, -0.1) is 11.3 Å². The van der Waals surface area contributed by atoms with Crippen LogP contribution >= 0.6 is 23.6 Å². The summed E-state index contributed by atoms with van der Waals surface area (Å²) in [4.78, 5) is 8.02. The molecule has 0 aliphatic heterocycles. The van der Waals surface area contributed by atoms with Gasteiger partial charge in [-0.1, -0.05) is 6.92 Å². The molecule has 0 saturated heterocycles. The van der Waals surface area contributed by atoms with Crippen LogP contribution in [0.15, 0.2) is 16.6 Å². The zero-order valence-electron chi connectivity index (χ0n) is 6.15. The summed E-state index contributed by atoms with van der Waals surface area (Å²) in [7, 11) is 0. The smallest absolute Gasteiger partial charge is 0.0971 e. The van der Waals surface area contributed by atoms with Gasteiger partial charge in [0.2, 0.25) is 0 Å². The van der Waals surface area contributed by atoms with Gasteiger partial charge in [-0.3, -0.25) is 0 Å². The van der Waals surface area contributed by atoms with Crippen LogP contribution in [0.5, 0.6) is 0 Å². The second-order valence-electron chi connectivity index (χ2n) is 2.20. The molecular weight excluding hydrogens is 176 g/mol. The summed E-state index contributed by atoms with van der Waals surface area (Å²) in [5.41, 5.74) is 0. The average molecular weight is 184 g/mol. The van der Waals surface area contributed by atoms with Crippen molar-refractivity contribution in [3.05, 3.63) is 16.6 Å². The second kappa shape index (κ2) is 4.34. The molecule has 4 heteroatoms. The van der Waals surface area contributed by atoms with E-state index in [0.717, 1.165) is 5.01 Å². The molecule has 0 amide bonds. The van der Waals surface area contributed by atoms with Gasteiger partial charge in [-0.05, 0) is 12.2 Å². The topological polar surface area (TPSA) is 25.2 Å². The number of nitrogens with zero attached hydrogens (tertiary/aromatic N) is 2. The Morgan fingerprint density at radius 3 is 3.27 bits per heavy atom. The van der Waals surface area contributed by atoms with E-state index in [4.69, 9.17) is 0 Å². The Labute approximate surface area is 75.0 Å². The van der Waals surface area contributed by atoms with E-state index in [9.17, 15) is 0 Å². The van der Waals surface area contributed by atoms with E-state index < -0.39 is 0 Å². The monoisotopic (exact) mass is 184 g/mol. The largest absolute Gasteiger partial charge is 0.249 e. The van der Waals surface area contributed by atoms with Crippen molar-refractivity contribution in [1.29, 1.82) is 0 Å². The SMILES string of the molecule is CC(CN=C=S)c1nccs1. The standard InChI is InChI=1S/C7H8N2S2/c1-6(4-8-5-10)7-9-2-3-11-7/h2-3,6H,4H2,1H3. The van der Waals surface area contributed by atoms with Gasteiger partial charge in [0.1, 0.15) is 0 Å². The maximum absolute atomic E-state index is 4.47. The van der Waals surface area contributed by atoms with Crippen molar-refractivity contribution >= 4 is 28.7 Å². The fourth-order valence-corrected chi connectivity index (χ4v) is 1.49. The van der Waals surface area contributed by atoms with Crippen LogP contribution in [0, 0.1) is 0 Å². The Balaban J connectivity index is 2.55. The lowest BCUT2D eigenvalue weighted by Crippen LogP contribution is -1.95. The first-order chi connectivity index (χ1) is 5.34. The van der Waals surface area contributed by atoms with Crippen molar-refractivity contribution in [2.45, 2.75) is 12.8 Å². The van der Waals surface area contributed by atoms with Crippen LogP contribution in [0.25, 0.3) is 0 Å². The highest BCUT2D eigenvalue weighted by molar-refractivity contribution is 7.78. The Morgan fingerprint density at radius 2 is 2.73 bits per heavy atom. The summed E-state index contributed by atoms with van der Waals surface area (Å²) in [6, 6.07) is 0. The highest BCUT2D eigenvalue weighted by Crippen LogP contribution is 2.17. The summed E-state index contributed by atoms with van der Waals surface area (Å²) >= 11 is 6.11. The van der Waals surface area contributed by atoms with Gasteiger partial charge in [0.15, 0.2) is 0 Å². The quantitative estimate of drug-likeness (QED) is 0.532. The third-order valence-electron chi connectivity index (χ3n) is 1.30. The van der Waals surface area contributed by atoms with Gasteiger partial charge in [-0.25, -0.2) is 9.98 Å². The number of aliphatic imine (C=N–C) groups is 1. The minimum Gasteiger partial charge on any atom is -0.249 e. The van der Waals surface area contributed by atoms with Crippen molar-refractivity contribution in [3.63, 3.8) is 0 Å². The molecule has 0 fully saturated rings. The van der Waals surface area contributed by atoms with Crippen LogP contribution in [0.1, 0.15) is 17.8 Å². The Bertz CT molecular complexity index is 249. The number of rotatable bonds is 3. The van der Waals surface area contributed by atoms with Crippen molar-refractivity contribution in [3.8, 4) is 0 Å². The number of thiazole rings is 1. The maximum Gasteiger partial charge on any atom is 0.0971 e. The van der Waals surface area contributed by atoms with Crippen molar-refractivity contribution in [1.82, 2.24) is 4.98 Å². The van der Waals surface area contributed by atoms with Crippen molar-refractivity contribution in [2.75, 3.05) is 6.54 Å². The van der Waals surface area contributed by atoms with Gasteiger partial charge < -0.3 is 0 Å². The van der Waals surface area contributed by atoms with E-state index in [1.54, 1.807) is 17.5 Å². The van der Waals surface area contributed by atoms with Crippen LogP contribution in [0.4, 0.5) is 0 Å². The molecule has 1 rings (SSSR count). The molecular formula is C7H8N2S2. The fraction of sp³-hybridized carbons (Fsp3) is 0.429. The summed E-state index contributed by atoms with van der Waals surface area (Å²) in [5, 5.41) is 5.42. The first kappa shape index (κ1) is 8.53. The zero-order valence-corrected chi connectivity index (χ0v) is 7.78. The lowest BCUT2D eigenvalue weighted by molar-refractivity contribution is 0.770. The molecule has 0 aliphatic rings. The molecule has 11 heavy (non-hydrogen) atoms. The molecule has 0 spiro atoms. The molecule has 0 radical (unpaired) electrons. The van der Waals surface area contributed by atoms with E-state index in [2.05, 4.69) is 34.3 Å². The molecule has 1 aromatic rings. The van der Waals surface area contributed by atoms with Gasteiger partial charge >= 0.3 is 0 Å². The minimum absolute atomic E-state index is 0.366. The molecule has 0 bridgehead atoms. The van der Waals surface area contributed by atoms with Gasteiger partial charge in [0.25, 0.3) is 0 Å². The first-order valence-corrected chi connectivity index (χ1v) is 4.56. The summed E-state index contributed by atoms with van der Waals surface area (Å²) in [6.45, 7) is 2.77. The third kappa shape index (κ3) is 2.50. The average Bonchev–Trinajstić information content (AvgIpc) is 2.52. The fourth-order valence-electron chi connectivity index (χ4n) is 0.730. The molecule has 58 valence electrons. The molecule has 0 N–H and O–H groups in total. The van der Waals surface area contributed by atoms with E-state index in [0.29, 0.717) is 12.5 Å². The Kier molecular flexibility index (Phi) is 3.36. The summed E-state index contributed by atoms with van der Waals surface area (Å²) < 4.78 is 0. The highest BCUT2D eigenvalue weighted by atomic mass is 32.1. The predicted octanol–water partition coefficient (Wildman–Crippen LogP) is 2.35. The van der Waals surface area contributed by atoms with Crippen LogP contribution in [0.3, 0.4) is 0 Å². The molecule has 0 aromatic carbocycles. The number of aromatic nitrogens is 1. The molecule has 1 atom stereocenters. The molecule has 0 aliphatic carbocycles. The lowest BCUT2D eigenvalue weighted by atomic mass is 10.2. The third-order valence-corrected chi connectivity index (χ3v) is 2.44. The van der Waals surface area contributed by atoms with E-state index in [1.165, 1.54) is 0 Å². The molecule has 0 saturated carbocycles. The van der Waals surface area contributed by atoms with Crippen LogP contribution < -0.4 is 0 Å². The van der Waals surface area contributed by atoms with Crippen molar-refractivity contribution in [2.24, 2.45) is 4.99 Å². The van der Waals surface area contributed by atoms with E-state index in [1.807, 2.05) is 5.38 Å². The Morgan fingerprint density at radius 1 is 1.91 bits per heavy atom. The van der Waals surface area contributed by atoms with Gasteiger partial charge in [-0.2, -0.15) is 0 Å². The summed E-state index contributed by atoms with van der Waals surface area (Å²) in [5.74, 6) is 0.366. The lowest BCUT2D eigenvalue weighted by Gasteiger charge is -2.00. The van der Waals surface area contributed by atoms with E-state index in [-0.39, 0.29) is 0 Å². The zero-order chi connectivity index (χ0) is 8.10. The molecule has 1 heterocycles. The molecule has 1 unspecified atom stereocenters. The highest BCUT2D eigenvalue weighted by Gasteiger charge is 2.05. The maximum atomic E-state index is 4.47. The molecule has 2 nitrogen and oxygen atoms in total. The van der Waals surface area contributed by atoms with Gasteiger partial charge in [0.05, 0.1) is 16.7 Å². The van der Waals surface area contributed by atoms with Gasteiger partial charge in [0, 0.05) is 17.5 Å². The minimum atomic E-state index is 0.366. The number of isothiocyanates is 1. The normalized spacial score (nSPS) is 12.1. The number of hydrogen-bond donors (Lipinski definition) is 0. The first-order valence-electron chi connectivity index (χ1n) is 3.27. The number of thiocarbonyl (C=S) groups is 1. The summed E-state index contributed by atoms with van der Waals surface area (Å²) in [6.07, 6.45) is 1.80. The predicted molar refractivity (Wildman–Crippen MR) is 50.4 cm³/mol. The van der Waals surface area contributed by atoms with E-state index >= 15 is 0 Å².